The smallest absolute Gasteiger partial charge is 0.0620 e. The zero-order valence-electron chi connectivity index (χ0n) is 8.28. The average Bonchev–Trinajstić information content (AvgIpc) is 2.29. The second-order valence-corrected chi connectivity index (χ2v) is 3.59. The third-order valence-electron chi connectivity index (χ3n) is 2.47. The van der Waals surface area contributed by atoms with Crippen LogP contribution in [0.15, 0.2) is 24.4 Å². The van der Waals surface area contributed by atoms with E-state index in [9.17, 15) is 0 Å². The summed E-state index contributed by atoms with van der Waals surface area (Å²) in [6.07, 6.45) is 3.99. The summed E-state index contributed by atoms with van der Waals surface area (Å²) < 4.78 is 5.39. The van der Waals surface area contributed by atoms with Crippen LogP contribution in [0.4, 0.5) is 0 Å². The summed E-state index contributed by atoms with van der Waals surface area (Å²) in [5, 5.41) is 3.44. The van der Waals surface area contributed by atoms with Crippen LogP contribution in [0.1, 0.15) is 12.1 Å². The zero-order chi connectivity index (χ0) is 9.64. The van der Waals surface area contributed by atoms with Crippen LogP contribution in [-0.2, 0) is 11.2 Å². The Hall–Kier alpha value is -0.930. The van der Waals surface area contributed by atoms with Crippen LogP contribution in [0.5, 0.6) is 0 Å². The summed E-state index contributed by atoms with van der Waals surface area (Å²) >= 11 is 0. The summed E-state index contributed by atoms with van der Waals surface area (Å²) in [6, 6.07) is 6.56. The predicted octanol–water partition coefficient (Wildman–Crippen LogP) is 1.00. The maximum absolute atomic E-state index is 5.39. The second kappa shape index (κ2) is 5.08. The highest BCUT2D eigenvalue weighted by molar-refractivity contribution is 5.03. The SMILES string of the molecule is c1ccc(CCC2COCCN2)nc1. The van der Waals surface area contributed by atoms with E-state index in [4.69, 9.17) is 4.74 Å². The van der Waals surface area contributed by atoms with Crippen molar-refractivity contribution in [3.8, 4) is 0 Å². The van der Waals surface area contributed by atoms with Crippen molar-refractivity contribution in [2.75, 3.05) is 19.8 Å². The molecule has 3 nitrogen and oxygen atoms in total. The van der Waals surface area contributed by atoms with Crippen molar-refractivity contribution < 1.29 is 4.74 Å². The highest BCUT2D eigenvalue weighted by Gasteiger charge is 2.12. The molecule has 0 aliphatic carbocycles. The Morgan fingerprint density at radius 3 is 3.21 bits per heavy atom. The van der Waals surface area contributed by atoms with Crippen LogP contribution >= 0.6 is 0 Å². The third-order valence-corrected chi connectivity index (χ3v) is 2.47. The van der Waals surface area contributed by atoms with E-state index >= 15 is 0 Å². The van der Waals surface area contributed by atoms with Crippen molar-refractivity contribution in [3.05, 3.63) is 30.1 Å². The summed E-state index contributed by atoms with van der Waals surface area (Å²) in [5.74, 6) is 0. The molecule has 1 atom stereocenters. The van der Waals surface area contributed by atoms with Gasteiger partial charge in [0.25, 0.3) is 0 Å². The topological polar surface area (TPSA) is 34.1 Å². The first-order valence-electron chi connectivity index (χ1n) is 5.16. The molecule has 1 aliphatic rings. The van der Waals surface area contributed by atoms with Gasteiger partial charge in [-0.05, 0) is 25.0 Å². The first-order chi connectivity index (χ1) is 6.95. The lowest BCUT2D eigenvalue weighted by Gasteiger charge is -2.23. The molecule has 1 unspecified atom stereocenters. The lowest BCUT2D eigenvalue weighted by Crippen LogP contribution is -2.41. The third kappa shape index (κ3) is 2.79. The van der Waals surface area contributed by atoms with Gasteiger partial charge in [0.05, 0.1) is 13.2 Å². The van der Waals surface area contributed by atoms with Gasteiger partial charge in [0.2, 0.25) is 0 Å². The van der Waals surface area contributed by atoms with Gasteiger partial charge in [0.15, 0.2) is 0 Å². The molecule has 1 N–H and O–H groups in total. The minimum atomic E-state index is 0.505. The Labute approximate surface area is 84.5 Å². The van der Waals surface area contributed by atoms with Gasteiger partial charge in [-0.1, -0.05) is 6.07 Å². The fourth-order valence-electron chi connectivity index (χ4n) is 1.67. The van der Waals surface area contributed by atoms with E-state index < -0.39 is 0 Å². The standard InChI is InChI=1S/C11H16N2O/c1-2-6-12-10(3-1)4-5-11-9-14-8-7-13-11/h1-3,6,11,13H,4-5,7-9H2. The molecule has 3 heteroatoms. The molecule has 1 aromatic heterocycles. The van der Waals surface area contributed by atoms with Crippen LogP contribution in [0.25, 0.3) is 0 Å². The Balaban J connectivity index is 1.76. The van der Waals surface area contributed by atoms with E-state index in [-0.39, 0.29) is 0 Å². The Morgan fingerprint density at radius 2 is 2.50 bits per heavy atom. The number of aryl methyl sites for hydroxylation is 1. The molecule has 0 amide bonds. The number of ether oxygens (including phenoxy) is 1. The van der Waals surface area contributed by atoms with Crippen molar-refractivity contribution in [3.63, 3.8) is 0 Å². The molecule has 1 saturated heterocycles. The van der Waals surface area contributed by atoms with Crippen LogP contribution in [0.2, 0.25) is 0 Å². The van der Waals surface area contributed by atoms with Gasteiger partial charge in [-0.15, -0.1) is 0 Å². The highest BCUT2D eigenvalue weighted by Crippen LogP contribution is 2.04. The first kappa shape index (κ1) is 9.62. The van der Waals surface area contributed by atoms with Crippen molar-refractivity contribution in [1.82, 2.24) is 10.3 Å². The van der Waals surface area contributed by atoms with Gasteiger partial charge < -0.3 is 10.1 Å². The number of aromatic nitrogens is 1. The first-order valence-corrected chi connectivity index (χ1v) is 5.16. The minimum absolute atomic E-state index is 0.505. The van der Waals surface area contributed by atoms with Gasteiger partial charge in [-0.2, -0.15) is 0 Å². The predicted molar refractivity (Wildman–Crippen MR) is 55.2 cm³/mol. The molecule has 0 spiro atoms. The number of pyridine rings is 1. The van der Waals surface area contributed by atoms with Gasteiger partial charge in [-0.25, -0.2) is 0 Å². The van der Waals surface area contributed by atoms with Crippen LogP contribution in [0, 0.1) is 0 Å². The van der Waals surface area contributed by atoms with Gasteiger partial charge in [0.1, 0.15) is 0 Å². The van der Waals surface area contributed by atoms with Crippen LogP contribution in [-0.4, -0.2) is 30.8 Å². The van der Waals surface area contributed by atoms with Gasteiger partial charge >= 0.3 is 0 Å². The summed E-state index contributed by atoms with van der Waals surface area (Å²) in [6.45, 7) is 2.67. The molecule has 0 bridgehead atoms. The number of nitrogens with zero attached hydrogens (tertiary/aromatic N) is 1. The molecular weight excluding hydrogens is 176 g/mol. The number of hydrogen-bond acceptors (Lipinski definition) is 3. The fraction of sp³-hybridized carbons (Fsp3) is 0.545. The van der Waals surface area contributed by atoms with E-state index in [1.165, 1.54) is 5.69 Å². The molecule has 0 saturated carbocycles. The molecular formula is C11H16N2O. The maximum Gasteiger partial charge on any atom is 0.0620 e. The van der Waals surface area contributed by atoms with E-state index in [0.717, 1.165) is 32.6 Å². The summed E-state index contributed by atoms with van der Waals surface area (Å²) in [4.78, 5) is 4.29. The largest absolute Gasteiger partial charge is 0.379 e. The Bertz CT molecular complexity index is 257. The number of nitrogens with one attached hydrogen (secondary N) is 1. The molecule has 1 aliphatic heterocycles. The second-order valence-electron chi connectivity index (χ2n) is 3.59. The minimum Gasteiger partial charge on any atom is -0.379 e. The highest BCUT2D eigenvalue weighted by atomic mass is 16.5. The maximum atomic E-state index is 5.39. The molecule has 2 rings (SSSR count). The number of rotatable bonds is 3. The molecule has 0 aromatic carbocycles. The molecule has 2 heterocycles. The molecule has 1 fully saturated rings. The molecule has 76 valence electrons. The Kier molecular flexibility index (Phi) is 3.49. The van der Waals surface area contributed by atoms with E-state index in [1.807, 2.05) is 18.3 Å². The molecule has 0 radical (unpaired) electrons. The summed E-state index contributed by atoms with van der Waals surface area (Å²) in [5.41, 5.74) is 1.17. The van der Waals surface area contributed by atoms with E-state index in [2.05, 4.69) is 16.4 Å². The Morgan fingerprint density at radius 1 is 1.50 bits per heavy atom. The van der Waals surface area contributed by atoms with Gasteiger partial charge in [0, 0.05) is 24.5 Å². The lowest BCUT2D eigenvalue weighted by atomic mass is 10.1. The molecule has 14 heavy (non-hydrogen) atoms. The quantitative estimate of drug-likeness (QED) is 0.776. The zero-order valence-corrected chi connectivity index (χ0v) is 8.28. The van der Waals surface area contributed by atoms with Crippen LogP contribution in [0.3, 0.4) is 0 Å². The van der Waals surface area contributed by atoms with Crippen molar-refractivity contribution >= 4 is 0 Å². The van der Waals surface area contributed by atoms with Crippen molar-refractivity contribution in [2.45, 2.75) is 18.9 Å². The summed E-state index contributed by atoms with van der Waals surface area (Å²) in [7, 11) is 0. The number of morpholine rings is 1. The number of hydrogen-bond donors (Lipinski definition) is 1. The monoisotopic (exact) mass is 192 g/mol. The van der Waals surface area contributed by atoms with E-state index in [0.29, 0.717) is 6.04 Å². The van der Waals surface area contributed by atoms with Crippen molar-refractivity contribution in [1.29, 1.82) is 0 Å². The average molecular weight is 192 g/mol. The van der Waals surface area contributed by atoms with Crippen LogP contribution < -0.4 is 5.32 Å². The van der Waals surface area contributed by atoms with E-state index in [1.54, 1.807) is 0 Å². The fourth-order valence-corrected chi connectivity index (χ4v) is 1.67. The van der Waals surface area contributed by atoms with Gasteiger partial charge in [-0.3, -0.25) is 4.98 Å². The van der Waals surface area contributed by atoms with Crippen molar-refractivity contribution in [2.24, 2.45) is 0 Å². The normalized spacial score (nSPS) is 22.1. The molecule has 1 aromatic rings. The lowest BCUT2D eigenvalue weighted by molar-refractivity contribution is 0.0743.